The van der Waals surface area contributed by atoms with Crippen molar-refractivity contribution >= 4 is 28.1 Å². The van der Waals surface area contributed by atoms with Gasteiger partial charge in [0, 0.05) is 34.2 Å². The molecule has 0 bridgehead atoms. The van der Waals surface area contributed by atoms with Crippen molar-refractivity contribution in [2.24, 2.45) is 0 Å². The van der Waals surface area contributed by atoms with Crippen LogP contribution in [0.2, 0.25) is 0 Å². The van der Waals surface area contributed by atoms with E-state index in [9.17, 15) is 14.1 Å². The quantitative estimate of drug-likeness (QED) is 0.317. The minimum atomic E-state index is -1.41. The first-order chi connectivity index (χ1) is 15.5. The first-order valence-electron chi connectivity index (χ1n) is 10.8. The number of nitrogens with one attached hydrogen (secondary N) is 1. The van der Waals surface area contributed by atoms with Gasteiger partial charge >= 0.3 is 5.97 Å². The van der Waals surface area contributed by atoms with Crippen LogP contribution in [0, 0.1) is 13.8 Å². The van der Waals surface area contributed by atoms with Gasteiger partial charge < -0.3 is 15.3 Å². The van der Waals surface area contributed by atoms with Gasteiger partial charge in [0.2, 0.25) is 0 Å². The van der Waals surface area contributed by atoms with Crippen molar-refractivity contribution in [3.8, 4) is 0 Å². The first kappa shape index (κ1) is 25.4. The summed E-state index contributed by atoms with van der Waals surface area (Å²) in [6, 6.07) is 19.8. The van der Waals surface area contributed by atoms with E-state index in [1.165, 1.54) is 5.56 Å². The molecule has 172 valence electrons. The number of hydrogen-bond acceptors (Lipinski definition) is 4. The molecule has 2 N–H and O–H groups in total. The molecule has 33 heavy (non-hydrogen) atoms. The predicted octanol–water partition coefficient (Wildman–Crippen LogP) is 4.73. The molecule has 1 atom stereocenters. The van der Waals surface area contributed by atoms with Gasteiger partial charge in [-0.3, -0.25) is 4.79 Å². The van der Waals surface area contributed by atoms with Crippen LogP contribution < -0.4 is 10.2 Å². The number of benzene rings is 3. The minimum absolute atomic E-state index is 0. The molecular weight excluding hydrogens is 516 g/mol. The van der Waals surface area contributed by atoms with Crippen molar-refractivity contribution in [3.63, 3.8) is 0 Å². The van der Waals surface area contributed by atoms with Crippen LogP contribution in [-0.2, 0) is 49.6 Å². The largest absolute Gasteiger partial charge is 0.481 e. The molecule has 3 aromatic rings. The molecule has 5 nitrogen and oxygen atoms in total. The molecule has 1 aliphatic rings. The first-order valence-corrected chi connectivity index (χ1v) is 12.0. The number of hydrogen-bond donors (Lipinski definition) is 2. The second-order valence-corrected chi connectivity index (χ2v) is 9.51. The van der Waals surface area contributed by atoms with E-state index in [1.54, 1.807) is 6.07 Å². The van der Waals surface area contributed by atoms with E-state index in [2.05, 4.69) is 36.2 Å². The van der Waals surface area contributed by atoms with E-state index >= 15 is 0 Å². The number of aliphatic carboxylic acids is 1. The molecule has 1 unspecified atom stereocenters. The smallest absolute Gasteiger partial charge is 0.307 e. The molecule has 0 radical (unpaired) electrons. The Morgan fingerprint density at radius 3 is 2.52 bits per heavy atom. The number of carboxylic acids is 1. The van der Waals surface area contributed by atoms with Gasteiger partial charge in [-0.2, -0.15) is 0 Å². The normalized spacial score (nSPS) is 14.2. The van der Waals surface area contributed by atoms with E-state index < -0.39 is 16.8 Å². The van der Waals surface area contributed by atoms with Crippen molar-refractivity contribution in [1.82, 2.24) is 5.32 Å². The van der Waals surface area contributed by atoms with Crippen LogP contribution in [-0.4, -0.2) is 28.4 Å². The summed E-state index contributed by atoms with van der Waals surface area (Å²) < 4.78 is 13.5. The van der Waals surface area contributed by atoms with Gasteiger partial charge in [0.15, 0.2) is 0 Å². The van der Waals surface area contributed by atoms with Gasteiger partial charge in [0.25, 0.3) is 0 Å². The van der Waals surface area contributed by atoms with E-state index in [1.807, 2.05) is 42.5 Å². The van der Waals surface area contributed by atoms with Gasteiger partial charge in [0.05, 0.1) is 38.4 Å². The Hall–Kier alpha value is -2.27. The van der Waals surface area contributed by atoms with Gasteiger partial charge in [0.1, 0.15) is 0 Å². The van der Waals surface area contributed by atoms with Crippen molar-refractivity contribution in [2.45, 2.75) is 43.0 Å². The number of nitrogens with zero attached hydrogens (tertiary/aromatic N) is 1. The summed E-state index contributed by atoms with van der Waals surface area (Å²) in [5.41, 5.74) is 5.98. The third-order valence-corrected chi connectivity index (χ3v) is 7.51. The molecule has 0 fully saturated rings. The Balaban J connectivity index is 0.00000306. The molecule has 0 saturated carbocycles. The average molecular weight is 545 g/mol. The van der Waals surface area contributed by atoms with E-state index in [-0.39, 0.29) is 27.5 Å². The Morgan fingerprint density at radius 1 is 1.03 bits per heavy atom. The third-order valence-electron chi connectivity index (χ3n) is 5.94. The second-order valence-electron chi connectivity index (χ2n) is 8.13. The standard InChI is InChI=1S/C26H28N2O3S.Mo/c1-18-12-13-23-25(19(18)2)28(15-7-14-27-17-20-8-4-3-5-9-20)22-11-6-10-21(16-24(29)30)26(22)32(23)31;/h3-6,8-13,27H,7,14-17H2,1-2H3,(H,29,30);. The number of fused-ring (bicyclic) bond motifs is 2. The molecule has 0 amide bonds. The fraction of sp³-hybridized carbons (Fsp3) is 0.269. The zero-order valence-electron chi connectivity index (χ0n) is 18.8. The zero-order valence-corrected chi connectivity index (χ0v) is 21.7. The summed E-state index contributed by atoms with van der Waals surface area (Å²) in [5, 5.41) is 12.9. The number of carbonyl (C=O) groups is 1. The van der Waals surface area contributed by atoms with E-state index in [4.69, 9.17) is 0 Å². The van der Waals surface area contributed by atoms with Gasteiger partial charge in [-0.25, -0.2) is 4.21 Å². The maximum atomic E-state index is 13.5. The summed E-state index contributed by atoms with van der Waals surface area (Å²) in [5.74, 6) is -0.919. The van der Waals surface area contributed by atoms with Crippen LogP contribution in [0.4, 0.5) is 11.4 Å². The average Bonchev–Trinajstić information content (AvgIpc) is 2.78. The van der Waals surface area contributed by atoms with Crippen LogP contribution in [0.5, 0.6) is 0 Å². The zero-order chi connectivity index (χ0) is 22.7. The van der Waals surface area contributed by atoms with Crippen molar-refractivity contribution in [3.05, 3.63) is 82.9 Å². The van der Waals surface area contributed by atoms with Crippen molar-refractivity contribution in [2.75, 3.05) is 18.0 Å². The topological polar surface area (TPSA) is 69.6 Å². The summed E-state index contributed by atoms with van der Waals surface area (Å²) in [4.78, 5) is 15.0. The monoisotopic (exact) mass is 546 g/mol. The van der Waals surface area contributed by atoms with E-state index in [0.29, 0.717) is 10.5 Å². The molecule has 0 saturated heterocycles. The summed E-state index contributed by atoms with van der Waals surface area (Å²) in [7, 11) is -1.41. The Bertz CT molecular complexity index is 1170. The summed E-state index contributed by atoms with van der Waals surface area (Å²) in [6.07, 6.45) is 0.760. The number of carboxylic acid groups (broad SMARTS) is 1. The molecular formula is C26H28MoN2O3S. The van der Waals surface area contributed by atoms with Gasteiger partial charge in [-0.15, -0.1) is 0 Å². The minimum Gasteiger partial charge on any atom is -0.481 e. The Labute approximate surface area is 211 Å². The summed E-state index contributed by atoms with van der Waals surface area (Å²) in [6.45, 7) is 6.55. The molecule has 7 heteroatoms. The van der Waals surface area contributed by atoms with Crippen molar-refractivity contribution in [1.29, 1.82) is 0 Å². The van der Waals surface area contributed by atoms with Gasteiger partial charge in [-0.05, 0) is 61.2 Å². The maximum absolute atomic E-state index is 13.5. The van der Waals surface area contributed by atoms with Crippen molar-refractivity contribution < 1.29 is 35.2 Å². The van der Waals surface area contributed by atoms with Gasteiger partial charge in [-0.1, -0.05) is 48.5 Å². The molecule has 3 aromatic carbocycles. The number of rotatable bonds is 8. The molecule has 4 rings (SSSR count). The van der Waals surface area contributed by atoms with Crippen LogP contribution >= 0.6 is 0 Å². The molecule has 0 spiro atoms. The van der Waals surface area contributed by atoms with Crippen LogP contribution in [0.3, 0.4) is 0 Å². The fourth-order valence-corrected chi connectivity index (χ4v) is 5.81. The van der Waals surface area contributed by atoms with Crippen LogP contribution in [0.15, 0.2) is 70.5 Å². The fourth-order valence-electron chi connectivity index (χ4n) is 4.21. The predicted molar refractivity (Wildman–Crippen MR) is 128 cm³/mol. The molecule has 1 heterocycles. The molecule has 1 aliphatic heterocycles. The van der Waals surface area contributed by atoms with E-state index in [0.717, 1.165) is 53.5 Å². The second kappa shape index (κ2) is 11.2. The SMILES string of the molecule is Cc1ccc2c(c1C)N(CCCNCc1ccccc1)c1cccc(CC(=O)O)c1S2=O.[Mo]. The maximum Gasteiger partial charge on any atom is 0.307 e. The number of anilines is 2. The Kier molecular flexibility index (Phi) is 8.63. The molecule has 0 aliphatic carbocycles. The van der Waals surface area contributed by atoms with Crippen LogP contribution in [0.25, 0.3) is 0 Å². The Morgan fingerprint density at radius 2 is 1.79 bits per heavy atom. The third kappa shape index (κ3) is 5.46. The van der Waals surface area contributed by atoms with Crippen LogP contribution in [0.1, 0.15) is 28.7 Å². The number of aryl methyl sites for hydroxylation is 1. The molecule has 0 aromatic heterocycles. The summed E-state index contributed by atoms with van der Waals surface area (Å²) >= 11 is 0.